The Balaban J connectivity index is 1.63. The highest BCUT2D eigenvalue weighted by Gasteiger charge is 2.33. The predicted octanol–water partition coefficient (Wildman–Crippen LogP) is 5.23. The average Bonchev–Trinajstić information content (AvgIpc) is 3.16. The third-order valence-corrected chi connectivity index (χ3v) is 5.05. The van der Waals surface area contributed by atoms with E-state index in [9.17, 15) is 22.8 Å². The van der Waals surface area contributed by atoms with Crippen LogP contribution >= 0.6 is 11.6 Å². The maximum Gasteiger partial charge on any atom is 0.417 e. The zero-order valence-corrected chi connectivity index (χ0v) is 16.4. The molecule has 0 aliphatic carbocycles. The number of nitrogens with one attached hydrogen (secondary N) is 1. The largest absolute Gasteiger partial charge is 0.417 e. The molecule has 156 valence electrons. The van der Waals surface area contributed by atoms with E-state index in [4.69, 9.17) is 17.3 Å². The monoisotopic (exact) mass is 443 g/mol. The number of carbonyl (C=O) groups is 2. The van der Waals surface area contributed by atoms with Crippen LogP contribution in [0, 0.1) is 0 Å². The van der Waals surface area contributed by atoms with Crippen molar-refractivity contribution in [1.29, 1.82) is 0 Å². The Morgan fingerprint density at radius 3 is 2.19 bits per heavy atom. The summed E-state index contributed by atoms with van der Waals surface area (Å²) < 4.78 is 39.2. The van der Waals surface area contributed by atoms with E-state index in [0.29, 0.717) is 28.0 Å². The summed E-state index contributed by atoms with van der Waals surface area (Å²) in [6.07, 6.45) is -4.66. The first-order valence-corrected chi connectivity index (χ1v) is 9.33. The lowest BCUT2D eigenvalue weighted by Gasteiger charge is -2.10. The van der Waals surface area contributed by atoms with Crippen LogP contribution in [-0.2, 0) is 6.18 Å². The number of alkyl halides is 3. The molecule has 0 unspecified atom stereocenters. The van der Waals surface area contributed by atoms with Gasteiger partial charge in [0.25, 0.3) is 0 Å². The van der Waals surface area contributed by atoms with Crippen molar-refractivity contribution in [3.05, 3.63) is 87.9 Å². The van der Waals surface area contributed by atoms with Crippen LogP contribution in [0.5, 0.6) is 0 Å². The van der Waals surface area contributed by atoms with Crippen LogP contribution in [0.25, 0.3) is 22.4 Å². The minimum absolute atomic E-state index is 0.118. The standard InChI is InChI=1S/C22H13ClF3N3O2/c23-16-7-5-13(9-15(16)22(24,25)26)19(30)11-1-3-12(4-2-11)21-28-17-8-6-14(20(27)31)10-18(17)29-21/h1-10H,(H2,27,31)(H,28,29). The highest BCUT2D eigenvalue weighted by atomic mass is 35.5. The minimum atomic E-state index is -4.66. The molecule has 0 saturated heterocycles. The molecule has 9 heteroatoms. The fourth-order valence-electron chi connectivity index (χ4n) is 3.13. The van der Waals surface area contributed by atoms with Crippen molar-refractivity contribution in [1.82, 2.24) is 9.97 Å². The molecule has 0 aliphatic rings. The highest BCUT2D eigenvalue weighted by molar-refractivity contribution is 6.31. The second-order valence-electron chi connectivity index (χ2n) is 6.78. The van der Waals surface area contributed by atoms with E-state index in [2.05, 4.69) is 9.97 Å². The molecule has 1 amide bonds. The molecule has 0 radical (unpaired) electrons. The molecule has 0 fully saturated rings. The Labute approximate surface area is 178 Å². The third-order valence-electron chi connectivity index (χ3n) is 4.72. The van der Waals surface area contributed by atoms with E-state index in [1.54, 1.807) is 30.3 Å². The zero-order chi connectivity index (χ0) is 22.3. The topological polar surface area (TPSA) is 88.8 Å². The number of H-pyrrole nitrogens is 1. The van der Waals surface area contributed by atoms with Crippen LogP contribution in [0.3, 0.4) is 0 Å². The van der Waals surface area contributed by atoms with Crippen molar-refractivity contribution < 1.29 is 22.8 Å². The molecule has 3 N–H and O–H groups in total. The van der Waals surface area contributed by atoms with Gasteiger partial charge in [-0.1, -0.05) is 35.9 Å². The van der Waals surface area contributed by atoms with E-state index in [1.807, 2.05) is 0 Å². The minimum Gasteiger partial charge on any atom is -0.366 e. The fourth-order valence-corrected chi connectivity index (χ4v) is 3.35. The van der Waals surface area contributed by atoms with Gasteiger partial charge in [-0.05, 0) is 36.4 Å². The highest BCUT2D eigenvalue weighted by Crippen LogP contribution is 2.35. The van der Waals surface area contributed by atoms with E-state index >= 15 is 0 Å². The normalized spacial score (nSPS) is 11.6. The molecule has 1 aromatic heterocycles. The smallest absolute Gasteiger partial charge is 0.366 e. The Morgan fingerprint density at radius 2 is 1.55 bits per heavy atom. The first-order valence-electron chi connectivity index (χ1n) is 8.95. The van der Waals surface area contributed by atoms with Gasteiger partial charge in [-0.2, -0.15) is 13.2 Å². The van der Waals surface area contributed by atoms with Gasteiger partial charge in [-0.25, -0.2) is 4.98 Å². The van der Waals surface area contributed by atoms with Gasteiger partial charge in [0.05, 0.1) is 21.6 Å². The number of nitrogens with two attached hydrogens (primary N) is 1. The summed E-state index contributed by atoms with van der Waals surface area (Å²) in [6, 6.07) is 14.1. The van der Waals surface area contributed by atoms with Crippen LogP contribution in [0.15, 0.2) is 60.7 Å². The maximum atomic E-state index is 13.1. The lowest BCUT2D eigenvalue weighted by atomic mass is 10.00. The maximum absolute atomic E-state index is 13.1. The second kappa shape index (κ2) is 7.55. The molecule has 0 aliphatic heterocycles. The van der Waals surface area contributed by atoms with Crippen molar-refractivity contribution in [3.8, 4) is 11.4 Å². The molecular weight excluding hydrogens is 431 g/mol. The summed E-state index contributed by atoms with van der Waals surface area (Å²) in [5, 5.41) is -0.469. The third kappa shape index (κ3) is 4.02. The van der Waals surface area contributed by atoms with Crippen LogP contribution in [0.2, 0.25) is 5.02 Å². The summed E-state index contributed by atoms with van der Waals surface area (Å²) in [7, 11) is 0. The number of hydrogen-bond donors (Lipinski definition) is 2. The van der Waals surface area contributed by atoms with E-state index in [0.717, 1.165) is 12.1 Å². The fraction of sp³-hybridized carbons (Fsp3) is 0.0455. The number of aromatic nitrogens is 2. The number of halogens is 4. The zero-order valence-electron chi connectivity index (χ0n) is 15.6. The number of imidazole rings is 1. The molecule has 4 rings (SSSR count). The SMILES string of the molecule is NC(=O)c1ccc2[nH]c(-c3ccc(C(=O)c4ccc(Cl)c(C(F)(F)F)c4)cc3)nc2c1. The Bertz CT molecular complexity index is 1330. The average molecular weight is 444 g/mol. The Kier molecular flexibility index (Phi) is 5.02. The van der Waals surface area contributed by atoms with Gasteiger partial charge in [0.15, 0.2) is 5.78 Å². The van der Waals surface area contributed by atoms with E-state index in [1.165, 1.54) is 18.2 Å². The van der Waals surface area contributed by atoms with Gasteiger partial charge < -0.3 is 10.7 Å². The van der Waals surface area contributed by atoms with Gasteiger partial charge in [0, 0.05) is 22.3 Å². The van der Waals surface area contributed by atoms with Crippen molar-refractivity contribution in [2.45, 2.75) is 6.18 Å². The molecule has 0 spiro atoms. The van der Waals surface area contributed by atoms with Gasteiger partial charge >= 0.3 is 6.18 Å². The van der Waals surface area contributed by atoms with Crippen molar-refractivity contribution in [2.75, 3.05) is 0 Å². The van der Waals surface area contributed by atoms with E-state index < -0.39 is 28.5 Å². The molecule has 31 heavy (non-hydrogen) atoms. The van der Waals surface area contributed by atoms with Crippen molar-refractivity contribution in [2.24, 2.45) is 5.73 Å². The van der Waals surface area contributed by atoms with Gasteiger partial charge in [-0.3, -0.25) is 9.59 Å². The molecule has 1 heterocycles. The first-order chi connectivity index (χ1) is 14.6. The second-order valence-corrected chi connectivity index (χ2v) is 7.19. The number of amides is 1. The summed E-state index contributed by atoms with van der Waals surface area (Å²) in [5.41, 5.74) is 6.54. The van der Waals surface area contributed by atoms with Crippen LogP contribution in [-0.4, -0.2) is 21.7 Å². The van der Waals surface area contributed by atoms with Crippen molar-refractivity contribution >= 4 is 34.3 Å². The number of carbonyl (C=O) groups excluding carboxylic acids is 2. The number of nitrogens with zero attached hydrogens (tertiary/aromatic N) is 1. The molecule has 5 nitrogen and oxygen atoms in total. The van der Waals surface area contributed by atoms with Crippen LogP contribution in [0.1, 0.15) is 31.8 Å². The van der Waals surface area contributed by atoms with E-state index in [-0.39, 0.29) is 11.1 Å². The molecule has 0 bridgehead atoms. The lowest BCUT2D eigenvalue weighted by Crippen LogP contribution is -2.10. The Morgan fingerprint density at radius 1 is 0.903 bits per heavy atom. The van der Waals surface area contributed by atoms with Crippen LogP contribution in [0.4, 0.5) is 13.2 Å². The number of rotatable bonds is 4. The Hall–Kier alpha value is -3.65. The lowest BCUT2D eigenvalue weighted by molar-refractivity contribution is -0.137. The van der Waals surface area contributed by atoms with Gasteiger partial charge in [-0.15, -0.1) is 0 Å². The summed E-state index contributed by atoms with van der Waals surface area (Å²) >= 11 is 5.61. The number of ketones is 1. The molecule has 4 aromatic rings. The van der Waals surface area contributed by atoms with Gasteiger partial charge in [0.2, 0.25) is 5.91 Å². The molecular formula is C22H13ClF3N3O2. The molecule has 0 atom stereocenters. The quantitative estimate of drug-likeness (QED) is 0.423. The summed E-state index contributed by atoms with van der Waals surface area (Å²) in [5.74, 6) is -0.629. The van der Waals surface area contributed by atoms with Crippen LogP contribution < -0.4 is 5.73 Å². The number of primary amides is 1. The first kappa shape index (κ1) is 20.6. The summed E-state index contributed by atoms with van der Waals surface area (Å²) in [4.78, 5) is 31.5. The predicted molar refractivity (Wildman–Crippen MR) is 110 cm³/mol. The van der Waals surface area contributed by atoms with Crippen molar-refractivity contribution in [3.63, 3.8) is 0 Å². The number of aromatic amines is 1. The van der Waals surface area contributed by atoms with Gasteiger partial charge in [0.1, 0.15) is 5.82 Å². The molecule has 3 aromatic carbocycles. The number of hydrogen-bond acceptors (Lipinski definition) is 3. The summed E-state index contributed by atoms with van der Waals surface area (Å²) in [6.45, 7) is 0. The number of fused-ring (bicyclic) bond motifs is 1. The molecule has 0 saturated carbocycles. The number of benzene rings is 3.